The number of nitrogens with zero attached hydrogens (tertiary/aromatic N) is 5. The van der Waals surface area contributed by atoms with E-state index in [4.69, 9.17) is 22.1 Å². The van der Waals surface area contributed by atoms with Gasteiger partial charge >= 0.3 is 0 Å². The zero-order chi connectivity index (χ0) is 95.0. The zero-order valence-electron chi connectivity index (χ0n) is 75.0. The molecule has 1 aliphatic heterocycles. The normalized spacial score (nSPS) is 22.0. The monoisotopic (exact) mass is 1830 g/mol. The van der Waals surface area contributed by atoms with Gasteiger partial charge in [-0.2, -0.15) is 0 Å². The van der Waals surface area contributed by atoms with Crippen molar-refractivity contribution < 1.29 is 91.7 Å². The summed E-state index contributed by atoms with van der Waals surface area (Å²) in [6, 6.07) is 29.3. The standard InChI is InChI=1S/C96H120ClN13O19S/c1-11-12-27-80-95(127)106(6)52-70(114)48-66(54-129-57-111)84(116)50-72(59(4)5)92(124)109(9)81(46-60-21-15-13-16-22-60)91(123)104-77(44-64-32-38-69(113)39-33-64)93(125)107(7)53-86(118)100-76(49-65-51-99-73-26-20-19-25-71(65)73)90(122)103-75(43-63-30-36-68(112)37-31-63)89(121)102-74(42-58(2)3)88(120)105-79(83(115)40-41-85(98)117)55-130-56-87(119)101-78(45-62-28-34-67(97)35-29-62)94(126)110(10)82(96(128)108(80)8)47-61-23-17-14-18-24-61/h13-26,28-39,51,57-59,66,72,74-82,99,112-113H,11-12,27,40-50,52-56H2,1-10H3,(H2,98,117)(H,100,118)(H,101,119)(H,102,121)(H,103,122)(H,104,123)(H,105,120)/t66-,72-,74-,75-,76-,77-,78-,79-,80-,81-,82-/m0/s1. The number of H-pyrrole nitrogens is 1. The number of nitrogens with two attached hydrogens (primary N) is 1. The lowest BCUT2D eigenvalue weighted by atomic mass is 9.84. The van der Waals surface area contributed by atoms with Crippen molar-refractivity contribution in [3.05, 3.63) is 202 Å². The number of hydrogen-bond acceptors (Lipinski definition) is 20. The Balaban J connectivity index is 1.21. The first kappa shape index (κ1) is 103. The summed E-state index contributed by atoms with van der Waals surface area (Å²) in [4.78, 5) is 244. The molecule has 11 N–H and O–H groups in total. The topological polar surface area (TPSA) is 453 Å². The second-order valence-corrected chi connectivity index (χ2v) is 35.4. The Morgan fingerprint density at radius 1 is 0.515 bits per heavy atom. The van der Waals surface area contributed by atoms with Crippen LogP contribution in [0.2, 0.25) is 5.02 Å². The number of rotatable bonds is 25. The molecule has 2 heterocycles. The van der Waals surface area contributed by atoms with E-state index < -0.39 is 211 Å². The van der Waals surface area contributed by atoms with Crippen molar-refractivity contribution in [1.82, 2.24) is 61.4 Å². The fraction of sp³-hybridized carbons (Fsp3) is 0.438. The molecular weight excluding hydrogens is 1710 g/mol. The van der Waals surface area contributed by atoms with Crippen molar-refractivity contribution in [2.24, 2.45) is 29.4 Å². The molecule has 1 fully saturated rings. The smallest absolute Gasteiger partial charge is 0.293 e. The number of phenols is 2. The number of carbonyl (C=O) groups excluding carboxylic acids is 16. The summed E-state index contributed by atoms with van der Waals surface area (Å²) in [5.74, 6) is -16.5. The molecule has 130 heavy (non-hydrogen) atoms. The maximum atomic E-state index is 15.6. The average Bonchev–Trinajstić information content (AvgIpc) is 1.56. The fourth-order valence-electron chi connectivity index (χ4n) is 15.6. The van der Waals surface area contributed by atoms with E-state index in [1.807, 2.05) is 6.92 Å². The van der Waals surface area contributed by atoms with Crippen LogP contribution in [0.15, 0.2) is 164 Å². The van der Waals surface area contributed by atoms with Gasteiger partial charge in [-0.25, -0.2) is 0 Å². The number of carbonyl (C=O) groups is 16. The highest BCUT2D eigenvalue weighted by atomic mass is 35.5. The molecule has 0 spiro atoms. The lowest BCUT2D eigenvalue weighted by Crippen LogP contribution is -2.59. The summed E-state index contributed by atoms with van der Waals surface area (Å²) in [5.41, 5.74) is 9.26. The van der Waals surface area contributed by atoms with Crippen molar-refractivity contribution in [3.63, 3.8) is 0 Å². The largest absolute Gasteiger partial charge is 0.508 e. The first-order chi connectivity index (χ1) is 61.9. The van der Waals surface area contributed by atoms with Gasteiger partial charge in [0, 0.05) is 133 Å². The Labute approximate surface area is 766 Å². The Bertz CT molecular complexity index is 5080. The number of unbranched alkanes of at least 4 members (excludes halogenated alkanes) is 1. The van der Waals surface area contributed by atoms with Gasteiger partial charge in [0.2, 0.25) is 70.9 Å². The van der Waals surface area contributed by atoms with Crippen molar-refractivity contribution in [3.8, 4) is 11.5 Å². The van der Waals surface area contributed by atoms with E-state index in [0.29, 0.717) is 62.1 Å². The number of primary amides is 1. The van der Waals surface area contributed by atoms with E-state index in [2.05, 4.69) is 36.9 Å². The fourth-order valence-corrected chi connectivity index (χ4v) is 16.6. The van der Waals surface area contributed by atoms with Gasteiger partial charge in [-0.15, -0.1) is 11.8 Å². The molecule has 0 saturated carbocycles. The molecule has 34 heteroatoms. The number of halogens is 1. The molecule has 1 aliphatic rings. The number of aromatic nitrogens is 1. The minimum Gasteiger partial charge on any atom is -0.508 e. The second-order valence-electron chi connectivity index (χ2n) is 33.9. The van der Waals surface area contributed by atoms with Crippen molar-refractivity contribution in [1.29, 1.82) is 0 Å². The highest BCUT2D eigenvalue weighted by Gasteiger charge is 2.42. The molecular formula is C96H120ClN13O19S. The number of hydrogen-bond donors (Lipinski definition) is 10. The van der Waals surface area contributed by atoms with E-state index >= 15 is 43.2 Å². The molecule has 0 radical (unpaired) electrons. The van der Waals surface area contributed by atoms with Crippen LogP contribution in [0.25, 0.3) is 10.9 Å². The highest BCUT2D eigenvalue weighted by molar-refractivity contribution is 8.00. The number of para-hydroxylation sites is 1. The van der Waals surface area contributed by atoms with Crippen LogP contribution in [0.1, 0.15) is 119 Å². The third-order valence-electron chi connectivity index (χ3n) is 23.0. The van der Waals surface area contributed by atoms with Crippen LogP contribution in [-0.2, 0) is 120 Å². The Morgan fingerprint density at radius 2 is 1.01 bits per heavy atom. The summed E-state index contributed by atoms with van der Waals surface area (Å²) in [6.07, 6.45) is -0.670. The van der Waals surface area contributed by atoms with Crippen LogP contribution in [-0.4, -0.2) is 255 Å². The summed E-state index contributed by atoms with van der Waals surface area (Å²) < 4.78 is 5.16. The van der Waals surface area contributed by atoms with Gasteiger partial charge in [0.1, 0.15) is 72.2 Å². The zero-order valence-corrected chi connectivity index (χ0v) is 76.6. The average molecular weight is 1830 g/mol. The number of ketones is 3. The molecule has 696 valence electrons. The maximum absolute atomic E-state index is 15.6. The number of aromatic hydroxyl groups is 2. The summed E-state index contributed by atoms with van der Waals surface area (Å²) >= 11 is 7.21. The first-order valence-electron chi connectivity index (χ1n) is 43.4. The second kappa shape index (κ2) is 50.3. The molecule has 32 nitrogen and oxygen atoms in total. The Hall–Kier alpha value is -12.8. The number of aromatic amines is 1. The van der Waals surface area contributed by atoms with Gasteiger partial charge in [-0.1, -0.05) is 174 Å². The predicted molar refractivity (Wildman–Crippen MR) is 490 cm³/mol. The van der Waals surface area contributed by atoms with Crippen LogP contribution in [0.4, 0.5) is 0 Å². The van der Waals surface area contributed by atoms with E-state index in [1.54, 1.807) is 143 Å². The Morgan fingerprint density at radius 3 is 1.58 bits per heavy atom. The van der Waals surface area contributed by atoms with E-state index in [1.165, 1.54) is 93.6 Å². The molecule has 8 rings (SSSR count). The number of nitrogens with one attached hydrogen (secondary N) is 7. The molecule has 1 aromatic heterocycles. The lowest BCUT2D eigenvalue weighted by Gasteiger charge is -2.37. The number of fused-ring (bicyclic) bond motifs is 1. The van der Waals surface area contributed by atoms with Crippen LogP contribution in [0, 0.1) is 23.7 Å². The molecule has 7 aromatic rings. The van der Waals surface area contributed by atoms with Crippen molar-refractivity contribution in [2.75, 3.05) is 66.4 Å². The van der Waals surface area contributed by atoms with Gasteiger partial charge in [-0.05, 0) is 101 Å². The molecule has 0 unspecified atom stereocenters. The first-order valence-corrected chi connectivity index (χ1v) is 45.0. The SMILES string of the molecule is CCCC[C@H]1C(=O)N(C)CC(=O)C[C@@H](COC=O)C(=O)C[C@@H](C(C)C)C(=O)N(C)[C@@H](Cc2ccccc2)C(=O)N[C@@H](Cc2ccc(O)cc2)C(=O)N(C)CC(=O)N[C@@H](Cc2c[nH]c3ccccc23)C(=O)N[C@@H](Cc2ccc(O)cc2)C(=O)N[C@@H](CC(C)C)C(=O)N[C@H](C(=O)CCC(N)=O)CSCC(=O)N[C@@H](Cc2ccc(Cl)cc2)C(=O)N(C)[C@@H](Cc2ccccc2)C(=O)N1C. The minimum absolute atomic E-state index is 0.0710. The number of ether oxygens (including phenoxy) is 1. The molecule has 12 amide bonds. The van der Waals surface area contributed by atoms with Gasteiger partial charge in [-0.3, -0.25) is 76.7 Å². The lowest BCUT2D eigenvalue weighted by molar-refractivity contribution is -0.151. The number of thioether (sulfide) groups is 1. The number of amides is 12. The van der Waals surface area contributed by atoms with E-state index in [0.717, 1.165) is 26.5 Å². The van der Waals surface area contributed by atoms with Crippen LogP contribution < -0.4 is 37.6 Å². The molecule has 11 atom stereocenters. The maximum Gasteiger partial charge on any atom is 0.293 e. The summed E-state index contributed by atoms with van der Waals surface area (Å²) in [5, 5.41) is 38.5. The van der Waals surface area contributed by atoms with Crippen molar-refractivity contribution >= 4 is 129 Å². The minimum atomic E-state index is -1.58. The van der Waals surface area contributed by atoms with Crippen LogP contribution in [0.5, 0.6) is 11.5 Å². The molecule has 0 aliphatic carbocycles. The van der Waals surface area contributed by atoms with Crippen molar-refractivity contribution in [2.45, 2.75) is 179 Å². The third-order valence-corrected chi connectivity index (χ3v) is 24.3. The van der Waals surface area contributed by atoms with Gasteiger partial charge < -0.3 is 82.1 Å². The number of Topliss-reactive ketones (excluding diaryl/α,β-unsaturated/α-hetero) is 3. The highest BCUT2D eigenvalue weighted by Crippen LogP contribution is 2.28. The quantitative estimate of drug-likeness (QED) is 0.0289. The number of likely N-dealkylation sites (N-methyl/N-ethyl adjacent to an activating group) is 5. The number of phenolic OH excluding ortho intramolecular Hbond substituents is 2. The van der Waals surface area contributed by atoms with Gasteiger partial charge in [0.25, 0.3) is 6.47 Å². The molecule has 0 bridgehead atoms. The van der Waals surface area contributed by atoms with Crippen LogP contribution in [0.3, 0.4) is 0 Å². The molecule has 6 aromatic carbocycles. The van der Waals surface area contributed by atoms with Crippen LogP contribution >= 0.6 is 23.4 Å². The summed E-state index contributed by atoms with van der Waals surface area (Å²) in [6.45, 7) is 6.84. The van der Waals surface area contributed by atoms with E-state index in [-0.39, 0.29) is 81.0 Å². The van der Waals surface area contributed by atoms with E-state index in [9.17, 15) is 43.8 Å². The third kappa shape index (κ3) is 31.0. The number of benzene rings is 6. The van der Waals surface area contributed by atoms with Gasteiger partial charge in [0.05, 0.1) is 30.8 Å². The Kier molecular flexibility index (Phi) is 39.7. The predicted octanol–water partition coefficient (Wildman–Crippen LogP) is 6.09. The molecule has 1 saturated heterocycles. The summed E-state index contributed by atoms with van der Waals surface area (Å²) in [7, 11) is 6.78. The van der Waals surface area contributed by atoms with Gasteiger partial charge in [0.15, 0.2) is 11.6 Å².